The molecule has 1 aliphatic rings. The molecule has 0 aromatic heterocycles. The van der Waals surface area contributed by atoms with E-state index in [1.165, 1.54) is 57.0 Å². The van der Waals surface area contributed by atoms with Crippen molar-refractivity contribution in [3.8, 4) is 0 Å². The normalized spacial score (nSPS) is 13.2. The molecular formula is C22H18O2. The zero-order valence-electron chi connectivity index (χ0n) is 13.7. The Hall–Kier alpha value is -3.00. The molecule has 0 spiro atoms. The maximum absolute atomic E-state index is 10.3. The quantitative estimate of drug-likeness (QED) is 0.438. The number of allylic oxidation sites excluding steroid dienone is 4. The summed E-state index contributed by atoms with van der Waals surface area (Å²) in [5, 5.41) is 5.35. The van der Waals surface area contributed by atoms with Gasteiger partial charge in [-0.2, -0.15) is 0 Å². The largest absolute Gasteiger partial charge is 0.290 e. The van der Waals surface area contributed by atoms with Crippen LogP contribution in [0, 0.1) is 13.8 Å². The molecule has 2 heteroatoms. The maximum Gasteiger partial charge on any atom is 0.178 e. The molecule has 0 atom stereocenters. The Kier molecular flexibility index (Phi) is 4.39. The molecule has 0 saturated carbocycles. The molecule has 4 rings (SSSR count). The number of carbonyl (C=O) groups is 2. The van der Waals surface area contributed by atoms with Crippen LogP contribution < -0.4 is 0 Å². The molecule has 0 radical (unpaired) electrons. The maximum atomic E-state index is 10.3. The van der Waals surface area contributed by atoms with E-state index in [-0.39, 0.29) is 11.6 Å². The second-order valence-corrected chi connectivity index (χ2v) is 5.97. The van der Waals surface area contributed by atoms with Gasteiger partial charge in [-0.3, -0.25) is 9.59 Å². The Balaban J connectivity index is 0.000000179. The molecule has 0 heterocycles. The van der Waals surface area contributed by atoms with Gasteiger partial charge < -0.3 is 0 Å². The second-order valence-electron chi connectivity index (χ2n) is 5.97. The standard InChI is InChI=1S/C16H14.C6H4O2/c1-11-7-12(2)16-10-14-6-4-3-5-13(14)9-15(16)8-11;7-5-1-2-6(8)4-3-5/h3-10H,1-2H3;1-4H. The number of aryl methyl sites for hydroxylation is 2. The van der Waals surface area contributed by atoms with E-state index in [1.807, 2.05) is 0 Å². The second kappa shape index (κ2) is 6.63. The average molecular weight is 314 g/mol. The van der Waals surface area contributed by atoms with Crippen LogP contribution in [-0.4, -0.2) is 11.6 Å². The molecule has 0 amide bonds. The van der Waals surface area contributed by atoms with Crippen molar-refractivity contribution in [2.24, 2.45) is 0 Å². The first kappa shape index (κ1) is 15.9. The van der Waals surface area contributed by atoms with E-state index < -0.39 is 0 Å². The molecule has 3 aromatic carbocycles. The minimum absolute atomic E-state index is 0.121. The van der Waals surface area contributed by atoms with E-state index >= 15 is 0 Å². The third kappa shape index (κ3) is 3.49. The van der Waals surface area contributed by atoms with Crippen molar-refractivity contribution in [1.82, 2.24) is 0 Å². The van der Waals surface area contributed by atoms with Gasteiger partial charge in [-0.15, -0.1) is 0 Å². The van der Waals surface area contributed by atoms with Crippen molar-refractivity contribution in [2.75, 3.05) is 0 Å². The minimum atomic E-state index is -0.121. The van der Waals surface area contributed by atoms with Crippen LogP contribution in [0.2, 0.25) is 0 Å². The SMILES string of the molecule is Cc1cc(C)c2cc3ccccc3cc2c1.O=C1C=CC(=O)C=C1. The summed E-state index contributed by atoms with van der Waals surface area (Å²) in [5.41, 5.74) is 2.70. The highest BCUT2D eigenvalue weighted by Gasteiger charge is 2.01. The lowest BCUT2D eigenvalue weighted by atomic mass is 9.98. The van der Waals surface area contributed by atoms with Gasteiger partial charge in [0, 0.05) is 0 Å². The third-order valence-corrected chi connectivity index (χ3v) is 3.99. The minimum Gasteiger partial charge on any atom is -0.290 e. The fraction of sp³-hybridized carbons (Fsp3) is 0.0909. The summed E-state index contributed by atoms with van der Waals surface area (Å²) in [6.07, 6.45) is 5.01. The molecule has 0 N–H and O–H groups in total. The first-order valence-electron chi connectivity index (χ1n) is 7.87. The number of benzene rings is 3. The highest BCUT2D eigenvalue weighted by atomic mass is 16.1. The molecule has 0 fully saturated rings. The fourth-order valence-corrected chi connectivity index (χ4v) is 2.86. The summed E-state index contributed by atoms with van der Waals surface area (Å²) in [4.78, 5) is 20.6. The summed E-state index contributed by atoms with van der Waals surface area (Å²) >= 11 is 0. The number of hydrogen-bond donors (Lipinski definition) is 0. The Morgan fingerprint density at radius 1 is 0.625 bits per heavy atom. The zero-order valence-corrected chi connectivity index (χ0v) is 13.7. The lowest BCUT2D eigenvalue weighted by molar-refractivity contribution is -0.113. The smallest absolute Gasteiger partial charge is 0.178 e. The van der Waals surface area contributed by atoms with Gasteiger partial charge >= 0.3 is 0 Å². The Bertz CT molecular complexity index is 969. The molecule has 0 aliphatic heterocycles. The highest BCUT2D eigenvalue weighted by Crippen LogP contribution is 2.26. The Labute approximate surface area is 141 Å². The van der Waals surface area contributed by atoms with E-state index in [0.717, 1.165) is 0 Å². The van der Waals surface area contributed by atoms with E-state index in [9.17, 15) is 9.59 Å². The van der Waals surface area contributed by atoms with Crippen LogP contribution in [-0.2, 0) is 9.59 Å². The first-order chi connectivity index (χ1) is 11.5. The number of carbonyl (C=O) groups excluding carboxylic acids is 2. The molecule has 0 unspecified atom stereocenters. The molecular weight excluding hydrogens is 296 g/mol. The lowest BCUT2D eigenvalue weighted by Crippen LogP contribution is -1.97. The van der Waals surface area contributed by atoms with Crippen LogP contribution in [0.15, 0.2) is 72.8 Å². The highest BCUT2D eigenvalue weighted by molar-refractivity contribution is 6.14. The average Bonchev–Trinajstić information content (AvgIpc) is 2.56. The first-order valence-corrected chi connectivity index (χ1v) is 7.87. The predicted molar refractivity (Wildman–Crippen MR) is 99.2 cm³/mol. The summed E-state index contributed by atoms with van der Waals surface area (Å²) in [5.74, 6) is -0.241. The summed E-state index contributed by atoms with van der Waals surface area (Å²) in [6, 6.07) is 17.6. The van der Waals surface area contributed by atoms with Crippen molar-refractivity contribution in [3.05, 3.63) is 84.0 Å². The van der Waals surface area contributed by atoms with E-state index in [0.29, 0.717) is 0 Å². The van der Waals surface area contributed by atoms with Gasteiger partial charge in [0.2, 0.25) is 0 Å². The fourth-order valence-electron chi connectivity index (χ4n) is 2.86. The number of rotatable bonds is 0. The van der Waals surface area contributed by atoms with Crippen molar-refractivity contribution in [1.29, 1.82) is 0 Å². The van der Waals surface area contributed by atoms with Gasteiger partial charge in [-0.25, -0.2) is 0 Å². The molecule has 0 bridgehead atoms. The van der Waals surface area contributed by atoms with E-state index in [1.54, 1.807) is 0 Å². The number of fused-ring (bicyclic) bond motifs is 2. The monoisotopic (exact) mass is 314 g/mol. The Morgan fingerprint density at radius 3 is 1.75 bits per heavy atom. The summed E-state index contributed by atoms with van der Waals surface area (Å²) in [6.45, 7) is 4.34. The van der Waals surface area contributed by atoms with Gasteiger partial charge in [0.25, 0.3) is 0 Å². The molecule has 118 valence electrons. The van der Waals surface area contributed by atoms with Gasteiger partial charge in [-0.1, -0.05) is 42.0 Å². The van der Waals surface area contributed by atoms with Gasteiger partial charge in [0.1, 0.15) is 0 Å². The van der Waals surface area contributed by atoms with Crippen LogP contribution in [0.3, 0.4) is 0 Å². The third-order valence-electron chi connectivity index (χ3n) is 3.99. The zero-order chi connectivity index (χ0) is 17.1. The molecule has 1 aliphatic carbocycles. The van der Waals surface area contributed by atoms with Gasteiger partial charge in [0.05, 0.1) is 0 Å². The van der Waals surface area contributed by atoms with Crippen LogP contribution in [0.4, 0.5) is 0 Å². The van der Waals surface area contributed by atoms with Gasteiger partial charge in [0.15, 0.2) is 11.6 Å². The molecule has 0 saturated heterocycles. The molecule has 2 nitrogen and oxygen atoms in total. The van der Waals surface area contributed by atoms with Crippen LogP contribution in [0.25, 0.3) is 21.5 Å². The summed E-state index contributed by atoms with van der Waals surface area (Å²) < 4.78 is 0. The van der Waals surface area contributed by atoms with Crippen molar-refractivity contribution >= 4 is 33.1 Å². The van der Waals surface area contributed by atoms with Crippen LogP contribution >= 0.6 is 0 Å². The number of ketones is 2. The van der Waals surface area contributed by atoms with Crippen LogP contribution in [0.5, 0.6) is 0 Å². The van der Waals surface area contributed by atoms with Crippen LogP contribution in [0.1, 0.15) is 11.1 Å². The lowest BCUT2D eigenvalue weighted by Gasteiger charge is -2.06. The Morgan fingerprint density at radius 2 is 1.17 bits per heavy atom. The van der Waals surface area contributed by atoms with Crippen molar-refractivity contribution in [2.45, 2.75) is 13.8 Å². The van der Waals surface area contributed by atoms with E-state index in [2.05, 4.69) is 62.4 Å². The van der Waals surface area contributed by atoms with E-state index in [4.69, 9.17) is 0 Å². The molecule has 24 heavy (non-hydrogen) atoms. The summed E-state index contributed by atoms with van der Waals surface area (Å²) in [7, 11) is 0. The number of hydrogen-bond acceptors (Lipinski definition) is 2. The van der Waals surface area contributed by atoms with Gasteiger partial charge in [-0.05, 0) is 77.4 Å². The topological polar surface area (TPSA) is 34.1 Å². The molecule has 3 aromatic rings. The predicted octanol–water partition coefficient (Wildman–Crippen LogP) is 4.86. The van der Waals surface area contributed by atoms with Crippen molar-refractivity contribution in [3.63, 3.8) is 0 Å². The van der Waals surface area contributed by atoms with Crippen molar-refractivity contribution < 1.29 is 9.59 Å².